The summed E-state index contributed by atoms with van der Waals surface area (Å²) in [5.41, 5.74) is -0.117. The van der Waals surface area contributed by atoms with Crippen LogP contribution in [0.15, 0.2) is 36.7 Å². The van der Waals surface area contributed by atoms with E-state index < -0.39 is 24.5 Å². The number of hydrogen-bond donors (Lipinski definition) is 0. The Morgan fingerprint density at radius 3 is 2.17 bits per heavy atom. The SMILES string of the molecule is CN(Cc1ccc(C(F)(F)F)cc1)Cc1nccn1CC(F)(F)F. The largest absolute Gasteiger partial charge is 0.416 e. The number of aromatic nitrogens is 2. The second-order valence-electron chi connectivity index (χ2n) is 5.45. The van der Waals surface area contributed by atoms with Crippen LogP contribution in [0.1, 0.15) is 17.0 Å². The molecule has 0 radical (unpaired) electrons. The lowest BCUT2D eigenvalue weighted by Gasteiger charge is -2.18. The number of hydrogen-bond acceptors (Lipinski definition) is 2. The van der Waals surface area contributed by atoms with E-state index in [9.17, 15) is 26.3 Å². The van der Waals surface area contributed by atoms with Crippen LogP contribution in [0.5, 0.6) is 0 Å². The molecule has 0 aliphatic rings. The zero-order valence-corrected chi connectivity index (χ0v) is 12.7. The number of imidazole rings is 1. The molecular weight excluding hydrogens is 336 g/mol. The molecule has 0 saturated carbocycles. The molecule has 1 heterocycles. The molecule has 0 spiro atoms. The molecule has 0 bridgehead atoms. The van der Waals surface area contributed by atoms with Crippen molar-refractivity contribution >= 4 is 0 Å². The van der Waals surface area contributed by atoms with Crippen LogP contribution < -0.4 is 0 Å². The summed E-state index contributed by atoms with van der Waals surface area (Å²) >= 11 is 0. The van der Waals surface area contributed by atoms with E-state index in [0.29, 0.717) is 5.56 Å². The van der Waals surface area contributed by atoms with Gasteiger partial charge in [-0.1, -0.05) is 12.1 Å². The Labute approximate surface area is 134 Å². The maximum absolute atomic E-state index is 12.5. The molecule has 1 aromatic carbocycles. The number of halogens is 6. The molecule has 0 aliphatic carbocycles. The van der Waals surface area contributed by atoms with Crippen molar-refractivity contribution in [3.63, 3.8) is 0 Å². The fourth-order valence-corrected chi connectivity index (χ4v) is 2.24. The summed E-state index contributed by atoms with van der Waals surface area (Å²) in [5, 5.41) is 0. The van der Waals surface area contributed by atoms with Crippen LogP contribution in [0.4, 0.5) is 26.3 Å². The Kier molecular flexibility index (Phi) is 5.22. The third kappa shape index (κ3) is 5.26. The van der Waals surface area contributed by atoms with E-state index >= 15 is 0 Å². The number of rotatable bonds is 5. The molecule has 3 nitrogen and oxygen atoms in total. The van der Waals surface area contributed by atoms with Gasteiger partial charge in [-0.05, 0) is 24.7 Å². The van der Waals surface area contributed by atoms with Gasteiger partial charge in [-0.2, -0.15) is 26.3 Å². The van der Waals surface area contributed by atoms with E-state index in [0.717, 1.165) is 16.7 Å². The first-order valence-electron chi connectivity index (χ1n) is 6.96. The molecule has 0 saturated heterocycles. The van der Waals surface area contributed by atoms with Gasteiger partial charge in [0, 0.05) is 18.9 Å². The highest BCUT2D eigenvalue weighted by atomic mass is 19.4. The summed E-state index contributed by atoms with van der Waals surface area (Å²) in [6, 6.07) is 4.66. The molecule has 0 fully saturated rings. The molecule has 0 atom stereocenters. The van der Waals surface area contributed by atoms with Crippen LogP contribution in [0.2, 0.25) is 0 Å². The van der Waals surface area contributed by atoms with Crippen LogP contribution in [0.3, 0.4) is 0 Å². The van der Waals surface area contributed by atoms with Crippen LogP contribution in [0.25, 0.3) is 0 Å². The smallest absolute Gasteiger partial charge is 0.325 e. The van der Waals surface area contributed by atoms with Crippen molar-refractivity contribution in [3.8, 4) is 0 Å². The second-order valence-corrected chi connectivity index (χ2v) is 5.45. The maximum atomic E-state index is 12.5. The predicted octanol–water partition coefficient (Wildman–Crippen LogP) is 4.10. The molecule has 2 aromatic rings. The fraction of sp³-hybridized carbons (Fsp3) is 0.400. The summed E-state index contributed by atoms with van der Waals surface area (Å²) in [7, 11) is 1.66. The number of nitrogens with zero attached hydrogens (tertiary/aromatic N) is 3. The molecule has 9 heteroatoms. The van der Waals surface area contributed by atoms with E-state index in [1.165, 1.54) is 24.5 Å². The Morgan fingerprint density at radius 1 is 1.00 bits per heavy atom. The fourth-order valence-electron chi connectivity index (χ4n) is 2.24. The van der Waals surface area contributed by atoms with E-state index in [2.05, 4.69) is 4.98 Å². The molecule has 2 rings (SSSR count). The minimum absolute atomic E-state index is 0.143. The summed E-state index contributed by atoms with van der Waals surface area (Å²) in [4.78, 5) is 5.58. The monoisotopic (exact) mass is 351 g/mol. The van der Waals surface area contributed by atoms with Crippen molar-refractivity contribution in [2.24, 2.45) is 0 Å². The summed E-state index contributed by atoms with van der Waals surface area (Å²) in [5.74, 6) is 0.238. The Hall–Kier alpha value is -2.03. The third-order valence-corrected chi connectivity index (χ3v) is 3.30. The average molecular weight is 351 g/mol. The van der Waals surface area contributed by atoms with Crippen LogP contribution in [-0.4, -0.2) is 27.7 Å². The minimum Gasteiger partial charge on any atom is -0.325 e. The highest BCUT2D eigenvalue weighted by Crippen LogP contribution is 2.29. The van der Waals surface area contributed by atoms with Gasteiger partial charge in [-0.25, -0.2) is 4.98 Å². The lowest BCUT2D eigenvalue weighted by Crippen LogP contribution is -2.23. The maximum Gasteiger partial charge on any atom is 0.416 e. The summed E-state index contributed by atoms with van der Waals surface area (Å²) < 4.78 is 75.9. The van der Waals surface area contributed by atoms with Gasteiger partial charge in [0.15, 0.2) is 0 Å². The molecular formula is C15H15F6N3. The van der Waals surface area contributed by atoms with Gasteiger partial charge < -0.3 is 4.57 Å². The van der Waals surface area contributed by atoms with Crippen molar-refractivity contribution in [1.82, 2.24) is 14.5 Å². The topological polar surface area (TPSA) is 21.1 Å². The van der Waals surface area contributed by atoms with Gasteiger partial charge in [0.05, 0.1) is 12.1 Å². The lowest BCUT2D eigenvalue weighted by atomic mass is 10.1. The molecule has 24 heavy (non-hydrogen) atoms. The van der Waals surface area contributed by atoms with Crippen molar-refractivity contribution in [2.45, 2.75) is 32.0 Å². The highest BCUT2D eigenvalue weighted by Gasteiger charge is 2.30. The molecule has 1 aromatic heterocycles. The first kappa shape index (κ1) is 18.3. The van der Waals surface area contributed by atoms with Gasteiger partial charge in [0.1, 0.15) is 12.4 Å². The van der Waals surface area contributed by atoms with Crippen molar-refractivity contribution < 1.29 is 26.3 Å². The van der Waals surface area contributed by atoms with Crippen molar-refractivity contribution in [2.75, 3.05) is 7.05 Å². The summed E-state index contributed by atoms with van der Waals surface area (Å²) in [6.45, 7) is -0.697. The highest BCUT2D eigenvalue weighted by molar-refractivity contribution is 5.24. The average Bonchev–Trinajstić information content (AvgIpc) is 2.83. The van der Waals surface area contributed by atoms with Crippen LogP contribution in [0, 0.1) is 0 Å². The van der Waals surface area contributed by atoms with Crippen molar-refractivity contribution in [1.29, 1.82) is 0 Å². The summed E-state index contributed by atoms with van der Waals surface area (Å²) in [6.07, 6.45) is -6.21. The molecule has 0 N–H and O–H groups in total. The quantitative estimate of drug-likeness (QED) is 0.757. The zero-order chi connectivity index (χ0) is 18.0. The van der Waals surface area contributed by atoms with E-state index in [1.54, 1.807) is 11.9 Å². The van der Waals surface area contributed by atoms with Crippen molar-refractivity contribution in [3.05, 3.63) is 53.6 Å². The van der Waals surface area contributed by atoms with Gasteiger partial charge in [0.25, 0.3) is 0 Å². The van der Waals surface area contributed by atoms with Gasteiger partial charge in [-0.15, -0.1) is 0 Å². The van der Waals surface area contributed by atoms with E-state index in [4.69, 9.17) is 0 Å². The molecule has 0 aliphatic heterocycles. The standard InChI is InChI=1S/C15H15F6N3/c1-23(8-11-2-4-12(5-3-11)15(19,20)21)9-13-22-6-7-24(13)10-14(16,17)18/h2-7H,8-10H2,1H3. The number of alkyl halides is 6. The molecule has 132 valence electrons. The predicted molar refractivity (Wildman–Crippen MR) is 74.9 cm³/mol. The van der Waals surface area contributed by atoms with Crippen LogP contribution >= 0.6 is 0 Å². The minimum atomic E-state index is -4.40. The first-order chi connectivity index (χ1) is 11.0. The van der Waals surface area contributed by atoms with E-state index in [-0.39, 0.29) is 18.9 Å². The molecule has 0 unspecified atom stereocenters. The number of benzene rings is 1. The normalized spacial score (nSPS) is 12.8. The Balaban J connectivity index is 1.99. The van der Waals surface area contributed by atoms with Gasteiger partial charge >= 0.3 is 12.4 Å². The van der Waals surface area contributed by atoms with E-state index in [1.807, 2.05) is 0 Å². The second kappa shape index (κ2) is 6.84. The third-order valence-electron chi connectivity index (χ3n) is 3.30. The van der Waals surface area contributed by atoms with Crippen LogP contribution in [-0.2, 0) is 25.8 Å². The lowest BCUT2D eigenvalue weighted by molar-refractivity contribution is -0.141. The van der Waals surface area contributed by atoms with Gasteiger partial charge in [-0.3, -0.25) is 4.90 Å². The Bertz CT molecular complexity index is 657. The Morgan fingerprint density at radius 2 is 1.62 bits per heavy atom. The van der Waals surface area contributed by atoms with Gasteiger partial charge in [0.2, 0.25) is 0 Å². The first-order valence-corrected chi connectivity index (χ1v) is 6.96. The molecule has 0 amide bonds. The zero-order valence-electron chi connectivity index (χ0n) is 12.7.